The quantitative estimate of drug-likeness (QED) is 0.837. The van der Waals surface area contributed by atoms with E-state index in [9.17, 15) is 4.79 Å². The number of rotatable bonds is 3. The van der Waals surface area contributed by atoms with Crippen LogP contribution in [0.25, 0.3) is 0 Å². The second-order valence-corrected chi connectivity index (χ2v) is 6.78. The number of piperidine rings is 1. The van der Waals surface area contributed by atoms with Crippen molar-refractivity contribution in [2.45, 2.75) is 65.2 Å². The number of carbonyl (C=O) groups is 1. The summed E-state index contributed by atoms with van der Waals surface area (Å²) in [6, 6.07) is 0. The second kappa shape index (κ2) is 6.69. The minimum atomic E-state index is -0.196. The van der Waals surface area contributed by atoms with Crippen LogP contribution < -0.4 is 5.32 Å². The summed E-state index contributed by atoms with van der Waals surface area (Å²) in [6.07, 6.45) is 11.8. The number of nitrogens with one attached hydrogen (secondary N) is 1. The van der Waals surface area contributed by atoms with Crippen LogP contribution in [0.2, 0.25) is 0 Å². The van der Waals surface area contributed by atoms with Crippen molar-refractivity contribution >= 4 is 5.78 Å². The molecule has 0 aromatic rings. The molecule has 0 saturated carbocycles. The first-order valence-corrected chi connectivity index (χ1v) is 8.07. The minimum absolute atomic E-state index is 0.196. The van der Waals surface area contributed by atoms with Crippen molar-refractivity contribution in [2.24, 2.45) is 11.3 Å². The molecular weight excluding hydrogens is 234 g/mol. The molecule has 1 aliphatic carbocycles. The lowest BCUT2D eigenvalue weighted by Crippen LogP contribution is -2.43. The van der Waals surface area contributed by atoms with Crippen LogP contribution in [0, 0.1) is 11.3 Å². The third kappa shape index (κ3) is 3.68. The first-order chi connectivity index (χ1) is 9.12. The molecule has 1 heterocycles. The van der Waals surface area contributed by atoms with Gasteiger partial charge in [0.2, 0.25) is 0 Å². The summed E-state index contributed by atoms with van der Waals surface area (Å²) < 4.78 is 0. The first kappa shape index (κ1) is 14.8. The molecule has 19 heavy (non-hydrogen) atoms. The van der Waals surface area contributed by atoms with Gasteiger partial charge in [-0.25, -0.2) is 0 Å². The predicted molar refractivity (Wildman–Crippen MR) is 80.2 cm³/mol. The largest absolute Gasteiger partial charge is 0.316 e. The Balaban J connectivity index is 2.06. The molecule has 1 atom stereocenters. The van der Waals surface area contributed by atoms with E-state index in [1.54, 1.807) is 0 Å². The van der Waals surface area contributed by atoms with E-state index in [0.717, 1.165) is 31.5 Å². The molecule has 1 aliphatic heterocycles. The Morgan fingerprint density at radius 3 is 2.74 bits per heavy atom. The molecule has 1 saturated heterocycles. The SMILES string of the molecule is CC(C)(C(=O)C1=CCCCCCC1)C1CCCNC1. The van der Waals surface area contributed by atoms with E-state index in [1.165, 1.54) is 38.5 Å². The highest BCUT2D eigenvalue weighted by Crippen LogP contribution is 2.36. The molecule has 1 N–H and O–H groups in total. The summed E-state index contributed by atoms with van der Waals surface area (Å²) >= 11 is 0. The Hall–Kier alpha value is -0.630. The van der Waals surface area contributed by atoms with Crippen molar-refractivity contribution in [3.05, 3.63) is 11.6 Å². The van der Waals surface area contributed by atoms with Crippen LogP contribution in [0.4, 0.5) is 0 Å². The average Bonchev–Trinajstić information content (AvgIpc) is 2.39. The Labute approximate surface area is 118 Å². The van der Waals surface area contributed by atoms with Crippen molar-refractivity contribution in [2.75, 3.05) is 13.1 Å². The van der Waals surface area contributed by atoms with Crippen molar-refractivity contribution in [1.29, 1.82) is 0 Å². The van der Waals surface area contributed by atoms with Gasteiger partial charge < -0.3 is 5.32 Å². The number of hydrogen-bond acceptors (Lipinski definition) is 2. The number of carbonyl (C=O) groups excluding carboxylic acids is 1. The predicted octanol–water partition coefficient (Wildman–Crippen LogP) is 3.86. The summed E-state index contributed by atoms with van der Waals surface area (Å²) in [7, 11) is 0. The Kier molecular flexibility index (Phi) is 5.20. The first-order valence-electron chi connectivity index (χ1n) is 8.07. The smallest absolute Gasteiger partial charge is 0.164 e. The van der Waals surface area contributed by atoms with Crippen molar-refractivity contribution in [3.63, 3.8) is 0 Å². The molecule has 2 nitrogen and oxygen atoms in total. The zero-order chi connectivity index (χ0) is 13.7. The molecule has 2 aliphatic rings. The van der Waals surface area contributed by atoms with Gasteiger partial charge in [0.1, 0.15) is 0 Å². The zero-order valence-electron chi connectivity index (χ0n) is 12.6. The van der Waals surface area contributed by atoms with E-state index in [-0.39, 0.29) is 5.41 Å². The van der Waals surface area contributed by atoms with Gasteiger partial charge in [-0.05, 0) is 63.1 Å². The Morgan fingerprint density at radius 2 is 2.00 bits per heavy atom. The van der Waals surface area contributed by atoms with E-state index < -0.39 is 0 Å². The lowest BCUT2D eigenvalue weighted by Gasteiger charge is -2.37. The highest BCUT2D eigenvalue weighted by Gasteiger charge is 2.38. The van der Waals surface area contributed by atoms with Gasteiger partial charge in [0.05, 0.1) is 0 Å². The highest BCUT2D eigenvalue weighted by atomic mass is 16.1. The zero-order valence-corrected chi connectivity index (χ0v) is 12.6. The minimum Gasteiger partial charge on any atom is -0.316 e. The van der Waals surface area contributed by atoms with E-state index >= 15 is 0 Å². The van der Waals surface area contributed by atoms with E-state index in [0.29, 0.717) is 11.7 Å². The van der Waals surface area contributed by atoms with Gasteiger partial charge in [0, 0.05) is 5.41 Å². The number of ketones is 1. The normalized spacial score (nSPS) is 26.2. The monoisotopic (exact) mass is 263 g/mol. The third-order valence-electron chi connectivity index (χ3n) is 4.99. The molecule has 0 aromatic carbocycles. The summed E-state index contributed by atoms with van der Waals surface area (Å²) in [5.41, 5.74) is 0.925. The van der Waals surface area contributed by atoms with Crippen LogP contribution in [-0.2, 0) is 4.79 Å². The van der Waals surface area contributed by atoms with Crippen LogP contribution in [0.3, 0.4) is 0 Å². The molecule has 2 heteroatoms. The molecule has 0 amide bonds. The topological polar surface area (TPSA) is 29.1 Å². The Bertz CT molecular complexity index is 337. The van der Waals surface area contributed by atoms with Crippen LogP contribution in [0.15, 0.2) is 11.6 Å². The highest BCUT2D eigenvalue weighted by molar-refractivity contribution is 5.99. The van der Waals surface area contributed by atoms with Crippen LogP contribution in [0.1, 0.15) is 65.2 Å². The van der Waals surface area contributed by atoms with Gasteiger partial charge in [-0.15, -0.1) is 0 Å². The fraction of sp³-hybridized carbons (Fsp3) is 0.824. The number of allylic oxidation sites excluding steroid dienone is 2. The van der Waals surface area contributed by atoms with Crippen LogP contribution in [0.5, 0.6) is 0 Å². The standard InChI is InChI=1S/C17H29NO/c1-17(2,15-11-8-12-18-13-15)16(19)14-9-6-4-3-5-7-10-14/h9,15,18H,3-8,10-13H2,1-2H3. The van der Waals surface area contributed by atoms with Gasteiger partial charge in [-0.1, -0.05) is 32.8 Å². The number of Topliss-reactive ketones (excluding diaryl/α,β-unsaturated/α-hetero) is 1. The molecule has 0 bridgehead atoms. The van der Waals surface area contributed by atoms with E-state index in [1.807, 2.05) is 0 Å². The molecule has 108 valence electrons. The molecule has 0 radical (unpaired) electrons. The van der Waals surface area contributed by atoms with Gasteiger partial charge in [-0.2, -0.15) is 0 Å². The van der Waals surface area contributed by atoms with Gasteiger partial charge in [0.15, 0.2) is 5.78 Å². The van der Waals surface area contributed by atoms with E-state index in [2.05, 4.69) is 25.2 Å². The number of hydrogen-bond donors (Lipinski definition) is 1. The lowest BCUT2D eigenvalue weighted by molar-refractivity contribution is -0.126. The van der Waals surface area contributed by atoms with Crippen molar-refractivity contribution in [1.82, 2.24) is 5.32 Å². The molecule has 0 aromatic heterocycles. The lowest BCUT2D eigenvalue weighted by atomic mass is 9.69. The average molecular weight is 263 g/mol. The maximum absolute atomic E-state index is 12.9. The van der Waals surface area contributed by atoms with Gasteiger partial charge >= 0.3 is 0 Å². The van der Waals surface area contributed by atoms with Crippen molar-refractivity contribution < 1.29 is 4.79 Å². The fourth-order valence-electron chi connectivity index (χ4n) is 3.46. The summed E-state index contributed by atoms with van der Waals surface area (Å²) in [5, 5.41) is 3.45. The van der Waals surface area contributed by atoms with Crippen molar-refractivity contribution in [3.8, 4) is 0 Å². The van der Waals surface area contributed by atoms with Gasteiger partial charge in [0.25, 0.3) is 0 Å². The summed E-state index contributed by atoms with van der Waals surface area (Å²) in [5.74, 6) is 0.920. The Morgan fingerprint density at radius 1 is 1.21 bits per heavy atom. The van der Waals surface area contributed by atoms with E-state index in [4.69, 9.17) is 0 Å². The summed E-state index contributed by atoms with van der Waals surface area (Å²) in [4.78, 5) is 12.9. The van der Waals surface area contributed by atoms with Crippen LogP contribution in [-0.4, -0.2) is 18.9 Å². The summed E-state index contributed by atoms with van der Waals surface area (Å²) in [6.45, 7) is 6.44. The molecule has 2 rings (SSSR count). The molecule has 1 unspecified atom stereocenters. The molecular formula is C17H29NO. The molecule has 0 spiro atoms. The van der Waals surface area contributed by atoms with Gasteiger partial charge in [-0.3, -0.25) is 4.79 Å². The molecule has 1 fully saturated rings. The third-order valence-corrected chi connectivity index (χ3v) is 4.99. The maximum atomic E-state index is 12.9. The second-order valence-electron chi connectivity index (χ2n) is 6.78. The van der Waals surface area contributed by atoms with Crippen LogP contribution >= 0.6 is 0 Å². The maximum Gasteiger partial charge on any atom is 0.164 e. The fourth-order valence-corrected chi connectivity index (χ4v) is 3.46.